The monoisotopic (exact) mass is 358 g/mol. The molecule has 5 nitrogen and oxygen atoms in total. The molecule has 26 heavy (non-hydrogen) atoms. The van der Waals surface area contributed by atoms with Crippen LogP contribution >= 0.6 is 0 Å². The molecule has 0 aliphatic rings. The third-order valence-corrected chi connectivity index (χ3v) is 4.44. The summed E-state index contributed by atoms with van der Waals surface area (Å²) < 4.78 is 11.4. The van der Waals surface area contributed by atoms with Gasteiger partial charge in [0.2, 0.25) is 5.91 Å². The van der Waals surface area contributed by atoms with Crippen LogP contribution in [0.25, 0.3) is 10.8 Å². The van der Waals surface area contributed by atoms with Crippen LogP contribution in [0.3, 0.4) is 0 Å². The van der Waals surface area contributed by atoms with Gasteiger partial charge in [0.1, 0.15) is 0 Å². The van der Waals surface area contributed by atoms with Gasteiger partial charge in [-0.3, -0.25) is 4.79 Å². The molecule has 1 unspecified atom stereocenters. The molecule has 0 aliphatic heterocycles. The van der Waals surface area contributed by atoms with Gasteiger partial charge >= 0.3 is 0 Å². The summed E-state index contributed by atoms with van der Waals surface area (Å²) in [6.45, 7) is 8.98. The van der Waals surface area contributed by atoms with Crippen LogP contribution in [0.15, 0.2) is 42.5 Å². The zero-order valence-corrected chi connectivity index (χ0v) is 16.1. The summed E-state index contributed by atoms with van der Waals surface area (Å²) in [5, 5.41) is 2.28. The Balaban J connectivity index is 2.36. The number of carbonyl (C=O) groups excluding carboxylic acids is 1. The normalized spacial score (nSPS) is 13.8. The first kappa shape index (κ1) is 20.4. The van der Waals surface area contributed by atoms with E-state index >= 15 is 0 Å². The summed E-state index contributed by atoms with van der Waals surface area (Å²) >= 11 is 0. The van der Waals surface area contributed by atoms with E-state index < -0.39 is 12.3 Å². The molecule has 1 amide bonds. The van der Waals surface area contributed by atoms with Crippen LogP contribution in [0.5, 0.6) is 0 Å². The van der Waals surface area contributed by atoms with Crippen molar-refractivity contribution >= 4 is 16.7 Å². The number of benzene rings is 2. The van der Waals surface area contributed by atoms with Crippen molar-refractivity contribution in [3.63, 3.8) is 0 Å². The van der Waals surface area contributed by atoms with E-state index in [2.05, 4.69) is 18.2 Å². The van der Waals surface area contributed by atoms with Crippen LogP contribution in [0.4, 0.5) is 0 Å². The molecule has 0 radical (unpaired) electrons. The molecule has 5 heteroatoms. The fourth-order valence-corrected chi connectivity index (χ4v) is 3.10. The summed E-state index contributed by atoms with van der Waals surface area (Å²) in [5.41, 5.74) is 7.00. The Kier molecular flexibility index (Phi) is 7.57. The lowest BCUT2D eigenvalue weighted by Gasteiger charge is -2.35. The van der Waals surface area contributed by atoms with Gasteiger partial charge in [-0.1, -0.05) is 42.5 Å². The highest BCUT2D eigenvalue weighted by atomic mass is 16.7. The maximum absolute atomic E-state index is 12.8. The average molecular weight is 358 g/mol. The van der Waals surface area contributed by atoms with Crippen molar-refractivity contribution in [1.82, 2.24) is 4.90 Å². The van der Waals surface area contributed by atoms with E-state index in [4.69, 9.17) is 15.2 Å². The quantitative estimate of drug-likeness (QED) is 0.699. The minimum atomic E-state index is -0.587. The minimum absolute atomic E-state index is 0.116. The zero-order chi connectivity index (χ0) is 19.1. The molecule has 0 saturated heterocycles. The number of hydrogen-bond donors (Lipinski definition) is 1. The van der Waals surface area contributed by atoms with E-state index in [1.165, 1.54) is 0 Å². The molecular weight excluding hydrogens is 328 g/mol. The van der Waals surface area contributed by atoms with Gasteiger partial charge in [-0.15, -0.1) is 0 Å². The molecule has 2 rings (SSSR count). The van der Waals surface area contributed by atoms with Gasteiger partial charge in [-0.25, -0.2) is 0 Å². The van der Waals surface area contributed by atoms with Gasteiger partial charge in [0.15, 0.2) is 6.29 Å². The highest BCUT2D eigenvalue weighted by Crippen LogP contribution is 2.22. The van der Waals surface area contributed by atoms with Crippen molar-refractivity contribution in [3.05, 3.63) is 48.0 Å². The fourth-order valence-electron chi connectivity index (χ4n) is 3.10. The van der Waals surface area contributed by atoms with Gasteiger partial charge in [0, 0.05) is 19.8 Å². The molecule has 2 atom stereocenters. The van der Waals surface area contributed by atoms with Crippen LogP contribution in [0.1, 0.15) is 33.3 Å². The molecule has 142 valence electrons. The van der Waals surface area contributed by atoms with E-state index in [-0.39, 0.29) is 11.9 Å². The fraction of sp³-hybridized carbons (Fsp3) is 0.476. The van der Waals surface area contributed by atoms with E-state index in [0.29, 0.717) is 19.8 Å². The van der Waals surface area contributed by atoms with Crippen molar-refractivity contribution in [1.29, 1.82) is 0 Å². The Morgan fingerprint density at radius 1 is 1.04 bits per heavy atom. The lowest BCUT2D eigenvalue weighted by molar-refractivity contribution is -0.179. The molecule has 0 fully saturated rings. The van der Waals surface area contributed by atoms with Crippen molar-refractivity contribution in [2.24, 2.45) is 5.73 Å². The van der Waals surface area contributed by atoms with E-state index in [1.807, 2.05) is 45.0 Å². The summed E-state index contributed by atoms with van der Waals surface area (Å²) in [4.78, 5) is 14.6. The summed E-state index contributed by atoms with van der Waals surface area (Å²) in [7, 11) is 0. The minimum Gasteiger partial charge on any atom is -0.351 e. The maximum atomic E-state index is 12.8. The number of nitrogens with two attached hydrogens (primary N) is 1. The molecule has 2 aromatic carbocycles. The molecule has 0 saturated carbocycles. The second-order valence-corrected chi connectivity index (χ2v) is 6.41. The zero-order valence-electron chi connectivity index (χ0n) is 16.1. The van der Waals surface area contributed by atoms with Crippen molar-refractivity contribution in [3.8, 4) is 0 Å². The van der Waals surface area contributed by atoms with Crippen LogP contribution < -0.4 is 5.73 Å². The predicted octanol–water partition coefficient (Wildman–Crippen LogP) is 3.30. The standard InChI is InChI=1S/C21H30N2O3/c1-5-25-21(26-6-2)16(4)23(20(24)15(3)22)14-18-12-9-11-17-10-7-8-13-19(17)18/h7-13,15-16,21H,5-6,14,22H2,1-4H3/t15-,16?/m0/s1. The summed E-state index contributed by atoms with van der Waals surface area (Å²) in [5.74, 6) is -0.116. The van der Waals surface area contributed by atoms with Crippen LogP contribution in [-0.4, -0.2) is 42.4 Å². The highest BCUT2D eigenvalue weighted by molar-refractivity contribution is 5.87. The average Bonchev–Trinajstić information content (AvgIpc) is 2.65. The Bertz CT molecular complexity index is 706. The van der Waals surface area contributed by atoms with Crippen molar-refractivity contribution in [2.45, 2.75) is 52.6 Å². The first-order chi connectivity index (χ1) is 12.5. The number of amides is 1. The maximum Gasteiger partial charge on any atom is 0.239 e. The van der Waals surface area contributed by atoms with Crippen LogP contribution in [-0.2, 0) is 20.8 Å². The Morgan fingerprint density at radius 3 is 2.27 bits per heavy atom. The lowest BCUT2D eigenvalue weighted by Crippen LogP contribution is -2.51. The van der Waals surface area contributed by atoms with Crippen molar-refractivity contribution < 1.29 is 14.3 Å². The van der Waals surface area contributed by atoms with Crippen LogP contribution in [0, 0.1) is 0 Å². The van der Waals surface area contributed by atoms with Gasteiger partial charge in [-0.05, 0) is 44.0 Å². The lowest BCUT2D eigenvalue weighted by atomic mass is 10.0. The first-order valence-electron chi connectivity index (χ1n) is 9.25. The van der Waals surface area contributed by atoms with E-state index in [9.17, 15) is 4.79 Å². The molecule has 2 aromatic rings. The third-order valence-electron chi connectivity index (χ3n) is 4.44. The highest BCUT2D eigenvalue weighted by Gasteiger charge is 2.30. The largest absolute Gasteiger partial charge is 0.351 e. The van der Waals surface area contributed by atoms with E-state index in [0.717, 1.165) is 16.3 Å². The number of fused-ring (bicyclic) bond motifs is 1. The number of ether oxygens (including phenoxy) is 2. The topological polar surface area (TPSA) is 64.8 Å². The number of nitrogens with zero attached hydrogens (tertiary/aromatic N) is 1. The smallest absolute Gasteiger partial charge is 0.239 e. The number of hydrogen-bond acceptors (Lipinski definition) is 4. The second kappa shape index (κ2) is 9.67. The molecule has 0 aliphatic carbocycles. The second-order valence-electron chi connectivity index (χ2n) is 6.41. The van der Waals surface area contributed by atoms with Crippen molar-refractivity contribution in [2.75, 3.05) is 13.2 Å². The van der Waals surface area contributed by atoms with Gasteiger partial charge < -0.3 is 20.1 Å². The number of carbonyl (C=O) groups is 1. The number of rotatable bonds is 9. The molecule has 0 bridgehead atoms. The molecule has 2 N–H and O–H groups in total. The third kappa shape index (κ3) is 4.81. The molecule has 0 spiro atoms. The summed E-state index contributed by atoms with van der Waals surface area (Å²) in [6.07, 6.45) is -0.484. The molecule has 0 aromatic heterocycles. The summed E-state index contributed by atoms with van der Waals surface area (Å²) in [6, 6.07) is 13.5. The SMILES string of the molecule is CCOC(OCC)C(C)N(Cc1cccc2ccccc12)C(=O)[C@H](C)N. The predicted molar refractivity (Wildman–Crippen MR) is 105 cm³/mol. The van der Waals surface area contributed by atoms with Gasteiger partial charge in [0.05, 0.1) is 12.1 Å². The first-order valence-corrected chi connectivity index (χ1v) is 9.25. The van der Waals surface area contributed by atoms with E-state index in [1.54, 1.807) is 11.8 Å². The van der Waals surface area contributed by atoms with Crippen LogP contribution in [0.2, 0.25) is 0 Å². The molecular formula is C21H30N2O3. The Labute approximate surface area is 156 Å². The Hall–Kier alpha value is -1.95. The van der Waals surface area contributed by atoms with Gasteiger partial charge in [-0.2, -0.15) is 0 Å². The molecule has 0 heterocycles. The van der Waals surface area contributed by atoms with Gasteiger partial charge in [0.25, 0.3) is 0 Å². The Morgan fingerprint density at radius 2 is 1.65 bits per heavy atom.